The van der Waals surface area contributed by atoms with Gasteiger partial charge in [0, 0.05) is 52.8 Å². The van der Waals surface area contributed by atoms with Gasteiger partial charge in [-0.25, -0.2) is 9.78 Å². The van der Waals surface area contributed by atoms with Crippen LogP contribution >= 0.6 is 0 Å². The third-order valence-corrected chi connectivity index (χ3v) is 13.4. The van der Waals surface area contributed by atoms with Crippen molar-refractivity contribution in [1.82, 2.24) is 39.1 Å². The van der Waals surface area contributed by atoms with Gasteiger partial charge < -0.3 is 44.1 Å². The van der Waals surface area contributed by atoms with Crippen molar-refractivity contribution in [3.8, 4) is 45.7 Å². The molecule has 1 atom stereocenters. The number of cyclic esters (lactones) is 1. The molecule has 70 heavy (non-hydrogen) atoms. The number of benzene rings is 3. The van der Waals surface area contributed by atoms with E-state index in [0.717, 1.165) is 52.0 Å². The SMILES string of the molecule is CC.CCNC(=O)c1nnc(-c2cc(C(C)C)c(O)cc2O)n1-c1ccc2c(ccn2CCC2CCN(C)CC2)c1.CCc1c2c(nc3ccc(O)cc13)-c1cc3c(c(=O)n1C2)COC(=O)C3OC=O. The molecular formula is C53H60N8O9. The second-order valence-electron chi connectivity index (χ2n) is 18.0. The average molecular weight is 953 g/mol. The lowest BCUT2D eigenvalue weighted by Gasteiger charge is -2.29. The lowest BCUT2D eigenvalue weighted by molar-refractivity contribution is -0.165. The second kappa shape index (κ2) is 20.6. The number of hydrogen-bond donors (Lipinski definition) is 4. The van der Waals surface area contributed by atoms with Crippen LogP contribution in [0.15, 0.2) is 71.7 Å². The summed E-state index contributed by atoms with van der Waals surface area (Å²) in [4.78, 5) is 56.2. The minimum Gasteiger partial charge on any atom is -0.508 e. The number of nitrogens with one attached hydrogen (secondary N) is 1. The molecule has 4 aromatic heterocycles. The Morgan fingerprint density at radius 3 is 2.44 bits per heavy atom. The van der Waals surface area contributed by atoms with Gasteiger partial charge in [0.05, 0.1) is 40.3 Å². The van der Waals surface area contributed by atoms with E-state index in [0.29, 0.717) is 64.5 Å². The summed E-state index contributed by atoms with van der Waals surface area (Å²) in [5.74, 6) is 0.223. The summed E-state index contributed by atoms with van der Waals surface area (Å²) in [6.45, 7) is 15.9. The van der Waals surface area contributed by atoms with Crippen LogP contribution < -0.4 is 10.9 Å². The monoisotopic (exact) mass is 952 g/mol. The van der Waals surface area contributed by atoms with Crippen LogP contribution in [0.5, 0.6) is 17.2 Å². The molecule has 17 nitrogen and oxygen atoms in total. The van der Waals surface area contributed by atoms with Crippen LogP contribution in [0.1, 0.15) is 111 Å². The molecule has 7 aromatic rings. The van der Waals surface area contributed by atoms with E-state index >= 15 is 0 Å². The molecule has 1 saturated heterocycles. The van der Waals surface area contributed by atoms with Crippen molar-refractivity contribution < 1.29 is 39.2 Å². The zero-order valence-corrected chi connectivity index (χ0v) is 40.7. The normalized spacial score (nSPS) is 15.3. The highest BCUT2D eigenvalue weighted by atomic mass is 16.6. The number of carbonyl (C=O) groups excluding carboxylic acids is 3. The number of phenolic OH excluding ortho intramolecular Hbond substituents is 3. The van der Waals surface area contributed by atoms with E-state index in [2.05, 4.69) is 50.4 Å². The van der Waals surface area contributed by atoms with Crippen LogP contribution in [0.2, 0.25) is 0 Å². The highest BCUT2D eigenvalue weighted by Crippen LogP contribution is 2.41. The molecule has 7 heterocycles. The molecule has 0 spiro atoms. The second-order valence-corrected chi connectivity index (χ2v) is 18.0. The van der Waals surface area contributed by atoms with Gasteiger partial charge in [-0.2, -0.15) is 0 Å². The molecule has 0 saturated carbocycles. The van der Waals surface area contributed by atoms with Crippen molar-refractivity contribution in [2.75, 3.05) is 26.7 Å². The Labute approximate surface area is 405 Å². The van der Waals surface area contributed by atoms with Crippen LogP contribution in [0.25, 0.3) is 50.3 Å². The van der Waals surface area contributed by atoms with Gasteiger partial charge >= 0.3 is 5.97 Å². The maximum Gasteiger partial charge on any atom is 0.352 e. The summed E-state index contributed by atoms with van der Waals surface area (Å²) in [6, 6.07) is 17.9. The fourth-order valence-electron chi connectivity index (χ4n) is 9.79. The Balaban J connectivity index is 0.000000189. The molecule has 10 rings (SSSR count). The summed E-state index contributed by atoms with van der Waals surface area (Å²) < 4.78 is 15.5. The number of esters is 1. The molecular weight excluding hydrogens is 893 g/mol. The van der Waals surface area contributed by atoms with E-state index in [4.69, 9.17) is 14.5 Å². The number of hydrogen-bond acceptors (Lipinski definition) is 13. The van der Waals surface area contributed by atoms with E-state index in [9.17, 15) is 34.5 Å². The number of carbonyl (C=O) groups is 3. The zero-order chi connectivity index (χ0) is 50.0. The van der Waals surface area contributed by atoms with E-state index in [1.807, 2.05) is 53.7 Å². The van der Waals surface area contributed by atoms with Crippen molar-refractivity contribution in [1.29, 1.82) is 0 Å². The van der Waals surface area contributed by atoms with Gasteiger partial charge in [0.1, 0.15) is 23.9 Å². The van der Waals surface area contributed by atoms with Gasteiger partial charge in [-0.3, -0.25) is 19.0 Å². The number of aryl methyl sites for hydroxylation is 2. The Kier molecular flexibility index (Phi) is 14.4. The van der Waals surface area contributed by atoms with E-state index in [1.54, 1.807) is 39.5 Å². The fraction of sp³-hybridized carbons (Fsp3) is 0.377. The standard InChI is InChI=1S/C30H38N6O3.C21H16N2O6.C2H6/c1-5-31-30(39)29-33-32-28(24-17-23(19(2)3)26(37)18-27(24)38)36(29)22-6-7-25-21(16-22)11-15-35(25)14-10-20-8-12-34(4)13-9-20;1-2-11-12-5-10(25)3-4-16(12)22-18-14(11)7-23-17(18)6-13-15(20(23)26)8-28-21(27)19(13)29-9-24;1-2/h6-7,11,15-20,37-38H,5,8-10,12-14H2,1-4H3,(H,31,39);3-6,9,19,25H,2,7-8H2,1H3;1-2H3. The third-order valence-electron chi connectivity index (χ3n) is 13.4. The summed E-state index contributed by atoms with van der Waals surface area (Å²) in [6.07, 6.45) is 5.23. The Morgan fingerprint density at radius 2 is 1.73 bits per heavy atom. The van der Waals surface area contributed by atoms with E-state index < -0.39 is 12.1 Å². The van der Waals surface area contributed by atoms with Crippen LogP contribution in [0, 0.1) is 5.92 Å². The number of phenols is 3. The molecule has 3 aliphatic rings. The van der Waals surface area contributed by atoms with Gasteiger partial charge in [0.15, 0.2) is 5.82 Å². The topological polar surface area (TPSA) is 216 Å². The molecule has 3 aromatic carbocycles. The number of ether oxygens (including phenoxy) is 2. The fourth-order valence-corrected chi connectivity index (χ4v) is 9.79. The minimum atomic E-state index is -1.26. The Hall–Kier alpha value is -7.53. The molecule has 3 aliphatic heterocycles. The molecule has 0 aliphatic carbocycles. The molecule has 17 heteroatoms. The van der Waals surface area contributed by atoms with E-state index in [-0.39, 0.29) is 53.5 Å². The predicted molar refractivity (Wildman–Crippen MR) is 265 cm³/mol. The number of amides is 1. The maximum absolute atomic E-state index is 13.1. The predicted octanol–water partition coefficient (Wildman–Crippen LogP) is 7.90. The van der Waals surface area contributed by atoms with Gasteiger partial charge in [-0.1, -0.05) is 34.6 Å². The van der Waals surface area contributed by atoms with Crippen molar-refractivity contribution in [3.63, 3.8) is 0 Å². The molecule has 1 unspecified atom stereocenters. The van der Waals surface area contributed by atoms with Crippen LogP contribution in [-0.2, 0) is 45.2 Å². The molecule has 0 radical (unpaired) electrons. The lowest BCUT2D eigenvalue weighted by Crippen LogP contribution is -2.33. The average Bonchev–Trinajstić information content (AvgIpc) is 4.08. The number of pyridine rings is 2. The number of aromatic hydroxyl groups is 3. The summed E-state index contributed by atoms with van der Waals surface area (Å²) in [5, 5.41) is 44.3. The zero-order valence-electron chi connectivity index (χ0n) is 40.7. The van der Waals surface area contributed by atoms with Crippen LogP contribution in [0.3, 0.4) is 0 Å². The number of rotatable bonds is 11. The first kappa shape index (κ1) is 48.9. The van der Waals surface area contributed by atoms with Crippen molar-refractivity contribution >= 4 is 40.2 Å². The largest absolute Gasteiger partial charge is 0.508 e. The molecule has 1 amide bonds. The number of nitrogens with zero attached hydrogens (tertiary/aromatic N) is 7. The van der Waals surface area contributed by atoms with E-state index in [1.165, 1.54) is 32.0 Å². The number of piperidine rings is 1. The number of aromatic nitrogens is 6. The third kappa shape index (κ3) is 9.20. The molecule has 0 bridgehead atoms. The lowest BCUT2D eigenvalue weighted by atomic mass is 9.94. The maximum atomic E-state index is 13.1. The molecule has 366 valence electrons. The van der Waals surface area contributed by atoms with Crippen molar-refractivity contribution in [2.45, 2.75) is 98.9 Å². The van der Waals surface area contributed by atoms with Crippen LogP contribution in [0.4, 0.5) is 0 Å². The first-order chi connectivity index (χ1) is 33.8. The molecule has 1 fully saturated rings. The van der Waals surface area contributed by atoms with Gasteiger partial charge in [0.25, 0.3) is 17.9 Å². The Morgan fingerprint density at radius 1 is 0.957 bits per heavy atom. The first-order valence-corrected chi connectivity index (χ1v) is 24.0. The number of fused-ring (bicyclic) bond motifs is 6. The quantitative estimate of drug-likeness (QED) is 0.0718. The molecule has 4 N–H and O–H groups in total. The van der Waals surface area contributed by atoms with Crippen molar-refractivity contribution in [3.05, 3.63) is 111 Å². The highest BCUT2D eigenvalue weighted by Gasteiger charge is 2.37. The smallest absolute Gasteiger partial charge is 0.352 e. The van der Waals surface area contributed by atoms with Gasteiger partial charge in [-0.15, -0.1) is 10.2 Å². The highest BCUT2D eigenvalue weighted by molar-refractivity contribution is 5.93. The summed E-state index contributed by atoms with van der Waals surface area (Å²) in [7, 11) is 2.19. The van der Waals surface area contributed by atoms with Crippen LogP contribution in [-0.4, -0.2) is 94.1 Å². The Bertz CT molecular complexity index is 3180. The minimum absolute atomic E-state index is 0.0178. The number of likely N-dealkylation sites (tertiary alicyclic amines) is 1. The summed E-state index contributed by atoms with van der Waals surface area (Å²) in [5.41, 5.74) is 7.12. The van der Waals surface area contributed by atoms with Gasteiger partial charge in [-0.05, 0) is 130 Å². The summed E-state index contributed by atoms with van der Waals surface area (Å²) >= 11 is 0. The first-order valence-electron chi connectivity index (χ1n) is 24.0. The van der Waals surface area contributed by atoms with Crippen molar-refractivity contribution in [2.24, 2.45) is 5.92 Å². The van der Waals surface area contributed by atoms with Gasteiger partial charge in [0.2, 0.25) is 11.9 Å².